The second-order valence-electron chi connectivity index (χ2n) is 7.62. The maximum Gasteiger partial charge on any atom is 0.261 e. The van der Waals surface area contributed by atoms with E-state index in [9.17, 15) is 9.59 Å². The Hall–Kier alpha value is -2.04. The fourth-order valence-electron chi connectivity index (χ4n) is 4.33. The first-order valence-electron chi connectivity index (χ1n) is 9.41. The lowest BCUT2D eigenvalue weighted by Gasteiger charge is -2.44. The molecule has 1 spiro atoms. The molecule has 0 bridgehead atoms. The highest BCUT2D eigenvalue weighted by Gasteiger charge is 2.54. The van der Waals surface area contributed by atoms with Gasteiger partial charge in [0.25, 0.3) is 5.91 Å². The molecule has 4 rings (SSSR count). The smallest absolute Gasteiger partial charge is 0.261 e. The van der Waals surface area contributed by atoms with Crippen molar-refractivity contribution in [2.24, 2.45) is 0 Å². The predicted octanol–water partition coefficient (Wildman–Crippen LogP) is 2.52. The average molecular weight is 342 g/mol. The molecular formula is C20H26N2O3. The number of piperidine rings is 1. The van der Waals surface area contributed by atoms with Crippen LogP contribution in [0.5, 0.6) is 5.75 Å². The quantitative estimate of drug-likeness (QED) is 0.845. The van der Waals surface area contributed by atoms with Crippen LogP contribution < -0.4 is 4.74 Å². The van der Waals surface area contributed by atoms with E-state index in [1.165, 1.54) is 0 Å². The lowest BCUT2D eigenvalue weighted by atomic mass is 9.85. The zero-order valence-corrected chi connectivity index (χ0v) is 14.9. The van der Waals surface area contributed by atoms with Crippen molar-refractivity contribution in [2.45, 2.75) is 57.0 Å². The maximum absolute atomic E-state index is 13.1. The molecule has 134 valence electrons. The molecule has 2 aliphatic heterocycles. The van der Waals surface area contributed by atoms with Crippen molar-refractivity contribution in [3.05, 3.63) is 29.8 Å². The molecular weight excluding hydrogens is 316 g/mol. The van der Waals surface area contributed by atoms with Gasteiger partial charge in [0.05, 0.1) is 0 Å². The number of benzene rings is 1. The highest BCUT2D eigenvalue weighted by Crippen LogP contribution is 2.41. The van der Waals surface area contributed by atoms with Gasteiger partial charge >= 0.3 is 0 Å². The largest absolute Gasteiger partial charge is 0.484 e. The summed E-state index contributed by atoms with van der Waals surface area (Å²) in [6.45, 7) is 3.54. The SMILES string of the molecule is Cc1ccc(OCC(=O)N2CCCC23CCCN(C2CC2)C3=O)cc1. The Labute approximate surface area is 148 Å². The van der Waals surface area contributed by atoms with Gasteiger partial charge in [-0.25, -0.2) is 0 Å². The van der Waals surface area contributed by atoms with Crippen molar-refractivity contribution >= 4 is 11.8 Å². The molecule has 2 amide bonds. The van der Waals surface area contributed by atoms with E-state index in [1.807, 2.05) is 41.0 Å². The number of ether oxygens (including phenoxy) is 1. The molecule has 0 N–H and O–H groups in total. The number of likely N-dealkylation sites (tertiary alicyclic amines) is 2. The molecule has 3 aliphatic rings. The number of rotatable bonds is 4. The lowest BCUT2D eigenvalue weighted by molar-refractivity contribution is -0.156. The van der Waals surface area contributed by atoms with Gasteiger partial charge in [-0.2, -0.15) is 0 Å². The molecule has 1 atom stereocenters. The summed E-state index contributed by atoms with van der Waals surface area (Å²) in [6.07, 6.45) is 5.72. The second-order valence-corrected chi connectivity index (χ2v) is 7.62. The Morgan fingerprint density at radius 2 is 1.84 bits per heavy atom. The second kappa shape index (κ2) is 6.36. The summed E-state index contributed by atoms with van der Waals surface area (Å²) in [4.78, 5) is 29.8. The van der Waals surface area contributed by atoms with Crippen molar-refractivity contribution in [1.82, 2.24) is 9.80 Å². The van der Waals surface area contributed by atoms with E-state index in [2.05, 4.69) is 0 Å². The van der Waals surface area contributed by atoms with Crippen molar-refractivity contribution < 1.29 is 14.3 Å². The van der Waals surface area contributed by atoms with E-state index in [1.54, 1.807) is 0 Å². The standard InChI is InChI=1S/C20H26N2O3/c1-15-4-8-17(9-5-15)25-14-18(23)22-13-3-11-20(22)10-2-12-21(19(20)24)16-6-7-16/h4-5,8-9,16H,2-3,6-7,10-14H2,1H3. The summed E-state index contributed by atoms with van der Waals surface area (Å²) in [5.41, 5.74) is 0.555. The lowest BCUT2D eigenvalue weighted by Crippen LogP contribution is -2.62. The number of hydrogen-bond acceptors (Lipinski definition) is 3. The highest BCUT2D eigenvalue weighted by molar-refractivity contribution is 5.93. The molecule has 1 unspecified atom stereocenters. The predicted molar refractivity (Wildman–Crippen MR) is 94.3 cm³/mol. The number of nitrogens with zero attached hydrogens (tertiary/aromatic N) is 2. The molecule has 0 aromatic heterocycles. The van der Waals surface area contributed by atoms with Crippen LogP contribution in [0.4, 0.5) is 0 Å². The summed E-state index contributed by atoms with van der Waals surface area (Å²) < 4.78 is 5.67. The van der Waals surface area contributed by atoms with Gasteiger partial charge in [0.2, 0.25) is 5.91 Å². The van der Waals surface area contributed by atoms with E-state index >= 15 is 0 Å². The van der Waals surface area contributed by atoms with Gasteiger partial charge in [0.1, 0.15) is 11.3 Å². The van der Waals surface area contributed by atoms with Gasteiger partial charge in [0, 0.05) is 19.1 Å². The summed E-state index contributed by atoms with van der Waals surface area (Å²) in [5, 5.41) is 0. The monoisotopic (exact) mass is 342 g/mol. The fourth-order valence-corrected chi connectivity index (χ4v) is 4.33. The first kappa shape index (κ1) is 16.4. The molecule has 1 aromatic carbocycles. The van der Waals surface area contributed by atoms with E-state index in [-0.39, 0.29) is 18.4 Å². The fraction of sp³-hybridized carbons (Fsp3) is 0.600. The van der Waals surface area contributed by atoms with Crippen LogP contribution in [0.2, 0.25) is 0 Å². The van der Waals surface area contributed by atoms with Gasteiger partial charge in [0.15, 0.2) is 6.61 Å². The van der Waals surface area contributed by atoms with E-state index < -0.39 is 5.54 Å². The molecule has 3 fully saturated rings. The molecule has 1 aromatic rings. The molecule has 0 radical (unpaired) electrons. The number of hydrogen-bond donors (Lipinski definition) is 0. The summed E-state index contributed by atoms with van der Waals surface area (Å²) in [6, 6.07) is 8.11. The molecule has 2 saturated heterocycles. The minimum Gasteiger partial charge on any atom is -0.484 e. The Kier molecular flexibility index (Phi) is 4.18. The Balaban J connectivity index is 1.45. The Bertz CT molecular complexity index is 668. The van der Waals surface area contributed by atoms with Gasteiger partial charge < -0.3 is 14.5 Å². The third-order valence-electron chi connectivity index (χ3n) is 5.81. The summed E-state index contributed by atoms with van der Waals surface area (Å²) in [7, 11) is 0. The average Bonchev–Trinajstić information content (AvgIpc) is 3.37. The van der Waals surface area contributed by atoms with E-state index in [0.29, 0.717) is 18.3 Å². The van der Waals surface area contributed by atoms with Crippen LogP contribution in [0.3, 0.4) is 0 Å². The summed E-state index contributed by atoms with van der Waals surface area (Å²) in [5.74, 6) is 0.813. The van der Waals surface area contributed by atoms with E-state index in [4.69, 9.17) is 4.74 Å². The molecule has 1 saturated carbocycles. The zero-order chi connectivity index (χ0) is 17.4. The van der Waals surface area contributed by atoms with Crippen LogP contribution in [0.15, 0.2) is 24.3 Å². The number of carbonyl (C=O) groups excluding carboxylic acids is 2. The van der Waals surface area contributed by atoms with Gasteiger partial charge in [-0.1, -0.05) is 17.7 Å². The van der Waals surface area contributed by atoms with Crippen molar-refractivity contribution in [1.29, 1.82) is 0 Å². The molecule has 25 heavy (non-hydrogen) atoms. The maximum atomic E-state index is 13.1. The minimum absolute atomic E-state index is 0.00151. The first-order chi connectivity index (χ1) is 12.1. The van der Waals surface area contributed by atoms with Crippen LogP contribution in [0.25, 0.3) is 0 Å². The highest BCUT2D eigenvalue weighted by atomic mass is 16.5. The number of amides is 2. The van der Waals surface area contributed by atoms with E-state index in [0.717, 1.165) is 50.6 Å². The van der Waals surface area contributed by atoms with Gasteiger partial charge in [-0.3, -0.25) is 9.59 Å². The van der Waals surface area contributed by atoms with Crippen molar-refractivity contribution in [3.8, 4) is 5.75 Å². The third-order valence-corrected chi connectivity index (χ3v) is 5.81. The third kappa shape index (κ3) is 3.00. The van der Waals surface area contributed by atoms with Crippen molar-refractivity contribution in [2.75, 3.05) is 19.7 Å². The normalized spacial score (nSPS) is 26.4. The van der Waals surface area contributed by atoms with Crippen LogP contribution >= 0.6 is 0 Å². The van der Waals surface area contributed by atoms with Crippen molar-refractivity contribution in [3.63, 3.8) is 0 Å². The van der Waals surface area contributed by atoms with Crippen LogP contribution in [-0.4, -0.2) is 52.9 Å². The van der Waals surface area contributed by atoms with Crippen LogP contribution in [-0.2, 0) is 9.59 Å². The first-order valence-corrected chi connectivity index (χ1v) is 9.41. The molecule has 2 heterocycles. The minimum atomic E-state index is -0.603. The molecule has 5 nitrogen and oxygen atoms in total. The number of carbonyl (C=O) groups is 2. The van der Waals surface area contributed by atoms with Gasteiger partial charge in [-0.15, -0.1) is 0 Å². The van der Waals surface area contributed by atoms with Crippen LogP contribution in [0.1, 0.15) is 44.1 Å². The Morgan fingerprint density at radius 3 is 2.52 bits per heavy atom. The van der Waals surface area contributed by atoms with Gasteiger partial charge in [-0.05, 0) is 57.6 Å². The summed E-state index contributed by atoms with van der Waals surface area (Å²) >= 11 is 0. The zero-order valence-electron chi connectivity index (χ0n) is 14.9. The molecule has 1 aliphatic carbocycles. The molecule has 5 heteroatoms. The Morgan fingerprint density at radius 1 is 1.16 bits per heavy atom. The van der Waals surface area contributed by atoms with Crippen LogP contribution in [0, 0.1) is 6.92 Å². The topological polar surface area (TPSA) is 49.9 Å². The number of aryl methyl sites for hydroxylation is 1.